The third-order valence-corrected chi connectivity index (χ3v) is 4.36. The summed E-state index contributed by atoms with van der Waals surface area (Å²) >= 11 is 0. The number of hydrogen-bond donors (Lipinski definition) is 2. The van der Waals surface area contributed by atoms with Crippen molar-refractivity contribution in [1.82, 2.24) is 9.88 Å². The van der Waals surface area contributed by atoms with Crippen molar-refractivity contribution in [1.29, 1.82) is 0 Å². The van der Waals surface area contributed by atoms with E-state index in [1.165, 1.54) is 0 Å². The highest BCUT2D eigenvalue weighted by atomic mass is 16.4. The first-order valence-corrected chi connectivity index (χ1v) is 6.08. The fraction of sp³-hybridized carbons (Fsp3) is 0.462. The van der Waals surface area contributed by atoms with E-state index < -0.39 is 22.8 Å². The van der Waals surface area contributed by atoms with Crippen LogP contribution in [-0.4, -0.2) is 45.1 Å². The molecule has 0 spiro atoms. The smallest absolute Gasteiger partial charge is 0.312 e. The Morgan fingerprint density at radius 1 is 1.16 bits per heavy atom. The van der Waals surface area contributed by atoms with E-state index in [1.807, 2.05) is 17.0 Å². The van der Waals surface area contributed by atoms with Gasteiger partial charge in [0, 0.05) is 32.0 Å². The SMILES string of the molecule is O=C(O)[C@@]12CN(Cc3ccncc3)C[C@]1(C(=O)O)C2. The number of carbonyl (C=O) groups is 2. The Morgan fingerprint density at radius 2 is 1.68 bits per heavy atom. The van der Waals surface area contributed by atoms with E-state index in [2.05, 4.69) is 4.98 Å². The molecule has 6 heteroatoms. The maximum absolute atomic E-state index is 11.4. The Labute approximate surface area is 109 Å². The van der Waals surface area contributed by atoms with Crippen molar-refractivity contribution in [3.63, 3.8) is 0 Å². The molecule has 1 saturated heterocycles. The number of aliphatic carboxylic acids is 2. The normalized spacial score (nSPS) is 32.8. The third kappa shape index (κ3) is 1.56. The van der Waals surface area contributed by atoms with Crippen molar-refractivity contribution in [3.8, 4) is 0 Å². The summed E-state index contributed by atoms with van der Waals surface area (Å²) in [5.41, 5.74) is -1.17. The lowest BCUT2D eigenvalue weighted by Gasteiger charge is -2.19. The number of nitrogens with zero attached hydrogens (tertiary/aromatic N) is 2. The van der Waals surface area contributed by atoms with Crippen LogP contribution in [0, 0.1) is 10.8 Å². The summed E-state index contributed by atoms with van der Waals surface area (Å²) in [6, 6.07) is 3.70. The Kier molecular flexibility index (Phi) is 2.40. The summed E-state index contributed by atoms with van der Waals surface area (Å²) in [6.07, 6.45) is 3.59. The van der Waals surface area contributed by atoms with Crippen molar-refractivity contribution in [2.45, 2.75) is 13.0 Å². The maximum atomic E-state index is 11.4. The first kappa shape index (κ1) is 12.1. The molecule has 0 aromatic carbocycles. The van der Waals surface area contributed by atoms with Gasteiger partial charge in [0.25, 0.3) is 0 Å². The van der Waals surface area contributed by atoms with Gasteiger partial charge in [0.2, 0.25) is 0 Å². The second kappa shape index (κ2) is 3.77. The van der Waals surface area contributed by atoms with Gasteiger partial charge in [-0.15, -0.1) is 0 Å². The topological polar surface area (TPSA) is 90.7 Å². The van der Waals surface area contributed by atoms with Crippen LogP contribution in [0.15, 0.2) is 24.5 Å². The summed E-state index contributed by atoms with van der Waals surface area (Å²) in [6.45, 7) is 1.17. The molecule has 1 aromatic rings. The van der Waals surface area contributed by atoms with Crippen molar-refractivity contribution in [3.05, 3.63) is 30.1 Å². The highest BCUT2D eigenvalue weighted by Crippen LogP contribution is 2.68. The summed E-state index contributed by atoms with van der Waals surface area (Å²) in [5.74, 6) is -1.99. The molecule has 2 atom stereocenters. The van der Waals surface area contributed by atoms with E-state index in [-0.39, 0.29) is 6.42 Å². The third-order valence-electron chi connectivity index (χ3n) is 4.36. The van der Waals surface area contributed by atoms with Crippen molar-refractivity contribution < 1.29 is 19.8 Å². The molecule has 100 valence electrons. The molecule has 0 bridgehead atoms. The second-order valence-electron chi connectivity index (χ2n) is 5.45. The van der Waals surface area contributed by atoms with E-state index in [9.17, 15) is 19.8 Å². The van der Waals surface area contributed by atoms with Crippen molar-refractivity contribution in [2.75, 3.05) is 13.1 Å². The molecule has 2 heterocycles. The predicted molar refractivity (Wildman–Crippen MR) is 64.3 cm³/mol. The van der Waals surface area contributed by atoms with E-state index in [0.29, 0.717) is 19.6 Å². The average Bonchev–Trinajstić information content (AvgIpc) is 2.91. The molecule has 2 N–H and O–H groups in total. The number of rotatable bonds is 4. The molecule has 3 rings (SSSR count). The lowest BCUT2D eigenvalue weighted by atomic mass is 9.97. The zero-order valence-corrected chi connectivity index (χ0v) is 10.2. The lowest BCUT2D eigenvalue weighted by molar-refractivity contribution is -0.151. The second-order valence-corrected chi connectivity index (χ2v) is 5.45. The molecule has 1 aliphatic heterocycles. The molecule has 1 aliphatic carbocycles. The Hall–Kier alpha value is -1.95. The van der Waals surface area contributed by atoms with E-state index in [1.54, 1.807) is 12.4 Å². The molecule has 6 nitrogen and oxygen atoms in total. The molecular formula is C13H14N2O4. The van der Waals surface area contributed by atoms with Crippen LogP contribution < -0.4 is 0 Å². The van der Waals surface area contributed by atoms with E-state index in [0.717, 1.165) is 5.56 Å². The van der Waals surface area contributed by atoms with Gasteiger partial charge < -0.3 is 10.2 Å². The molecular weight excluding hydrogens is 248 g/mol. The summed E-state index contributed by atoms with van der Waals surface area (Å²) in [7, 11) is 0. The summed E-state index contributed by atoms with van der Waals surface area (Å²) in [5, 5.41) is 18.6. The number of carboxylic acids is 2. The maximum Gasteiger partial charge on any atom is 0.312 e. The summed E-state index contributed by atoms with van der Waals surface area (Å²) in [4.78, 5) is 28.6. The van der Waals surface area contributed by atoms with Crippen LogP contribution in [0.5, 0.6) is 0 Å². The van der Waals surface area contributed by atoms with E-state index >= 15 is 0 Å². The fourth-order valence-electron chi connectivity index (χ4n) is 3.26. The molecule has 1 aromatic heterocycles. The number of pyridine rings is 1. The van der Waals surface area contributed by atoms with Crippen LogP contribution in [0.4, 0.5) is 0 Å². The highest BCUT2D eigenvalue weighted by Gasteiger charge is 2.80. The molecule has 19 heavy (non-hydrogen) atoms. The van der Waals surface area contributed by atoms with Gasteiger partial charge in [-0.1, -0.05) is 0 Å². The molecule has 2 fully saturated rings. The summed E-state index contributed by atoms with van der Waals surface area (Å²) < 4.78 is 0. The largest absolute Gasteiger partial charge is 0.481 e. The number of hydrogen-bond acceptors (Lipinski definition) is 4. The zero-order valence-electron chi connectivity index (χ0n) is 10.2. The van der Waals surface area contributed by atoms with Gasteiger partial charge in [0.05, 0.1) is 10.8 Å². The quantitative estimate of drug-likeness (QED) is 0.818. The minimum atomic E-state index is -1.09. The molecule has 0 amide bonds. The minimum absolute atomic E-state index is 0.248. The van der Waals surface area contributed by atoms with Crippen molar-refractivity contribution >= 4 is 11.9 Å². The van der Waals surface area contributed by atoms with Crippen LogP contribution in [0.25, 0.3) is 0 Å². The van der Waals surface area contributed by atoms with Gasteiger partial charge in [-0.3, -0.25) is 19.5 Å². The van der Waals surface area contributed by atoms with Gasteiger partial charge in [0.15, 0.2) is 0 Å². The lowest BCUT2D eigenvalue weighted by Crippen LogP contribution is -2.28. The molecule has 0 unspecified atom stereocenters. The van der Waals surface area contributed by atoms with Gasteiger partial charge in [-0.05, 0) is 24.1 Å². The Bertz CT molecular complexity index is 519. The number of aromatic nitrogens is 1. The average molecular weight is 262 g/mol. The van der Waals surface area contributed by atoms with Gasteiger partial charge in [0.1, 0.15) is 0 Å². The Morgan fingerprint density at radius 3 is 2.16 bits per heavy atom. The first-order chi connectivity index (χ1) is 9.00. The van der Waals surface area contributed by atoms with Gasteiger partial charge in [-0.25, -0.2) is 0 Å². The van der Waals surface area contributed by atoms with E-state index in [4.69, 9.17) is 0 Å². The van der Waals surface area contributed by atoms with Crippen LogP contribution >= 0.6 is 0 Å². The van der Waals surface area contributed by atoms with Crippen LogP contribution in [-0.2, 0) is 16.1 Å². The van der Waals surface area contributed by atoms with Gasteiger partial charge >= 0.3 is 11.9 Å². The highest BCUT2D eigenvalue weighted by molar-refractivity contribution is 5.94. The molecule has 0 radical (unpaired) electrons. The number of carboxylic acid groups (broad SMARTS) is 2. The van der Waals surface area contributed by atoms with Crippen molar-refractivity contribution in [2.24, 2.45) is 10.8 Å². The zero-order chi connectivity index (χ0) is 13.7. The predicted octanol–water partition coefficient (Wildman–Crippen LogP) is 0.443. The molecule has 1 saturated carbocycles. The van der Waals surface area contributed by atoms with Crippen LogP contribution in [0.2, 0.25) is 0 Å². The van der Waals surface area contributed by atoms with Crippen LogP contribution in [0.1, 0.15) is 12.0 Å². The van der Waals surface area contributed by atoms with Crippen LogP contribution in [0.3, 0.4) is 0 Å². The Balaban J connectivity index is 1.79. The fourth-order valence-corrected chi connectivity index (χ4v) is 3.26. The monoisotopic (exact) mass is 262 g/mol. The number of likely N-dealkylation sites (tertiary alicyclic amines) is 1. The molecule has 2 aliphatic rings. The number of piperidine rings is 1. The first-order valence-electron chi connectivity index (χ1n) is 6.08. The standard InChI is InChI=1S/C13H14N2O4/c16-10(17)12-6-13(12,11(18)19)8-15(7-12)5-9-1-3-14-4-2-9/h1-4H,5-8H2,(H,16,17)(H,18,19)/t12-,13+. The minimum Gasteiger partial charge on any atom is -0.481 e. The van der Waals surface area contributed by atoms with Gasteiger partial charge in [-0.2, -0.15) is 0 Å². The number of fused-ring (bicyclic) bond motifs is 1.